The molecule has 1 aromatic heterocycles. The van der Waals surface area contributed by atoms with Crippen LogP contribution in [0.25, 0.3) is 0 Å². The number of benzene rings is 1. The number of aliphatic hydroxyl groups excluding tert-OH is 1. The van der Waals surface area contributed by atoms with Gasteiger partial charge in [0.2, 0.25) is 0 Å². The summed E-state index contributed by atoms with van der Waals surface area (Å²) in [5.41, 5.74) is 1.89. The predicted octanol–water partition coefficient (Wildman–Crippen LogP) is 2.60. The Morgan fingerprint density at radius 3 is 2.81 bits per heavy atom. The first kappa shape index (κ1) is 20.2. The zero-order valence-electron chi connectivity index (χ0n) is 15.9. The Morgan fingerprint density at radius 2 is 2.15 bits per heavy atom. The molecule has 0 spiro atoms. The fourth-order valence-corrected chi connectivity index (χ4v) is 3.34. The summed E-state index contributed by atoms with van der Waals surface area (Å²) in [5, 5.41) is 18.0. The van der Waals surface area contributed by atoms with Gasteiger partial charge in [0.1, 0.15) is 5.75 Å². The minimum Gasteiger partial charge on any atom is -0.497 e. The minimum absolute atomic E-state index is 0.276. The number of aliphatic hydroxyl groups is 1. The normalized spacial score (nSPS) is 12.7. The number of thiazole rings is 1. The summed E-state index contributed by atoms with van der Waals surface area (Å²) in [7, 11) is 1.61. The molecule has 142 valence electrons. The Labute approximate surface area is 159 Å². The maximum absolute atomic E-state index is 10.4. The topological polar surface area (TPSA) is 78.8 Å². The molecule has 3 N–H and O–H groups in total. The number of nitrogens with one attached hydrogen (secondary N) is 2. The first-order valence-electron chi connectivity index (χ1n) is 8.80. The average Bonchev–Trinajstić information content (AvgIpc) is 2.97. The lowest BCUT2D eigenvalue weighted by Gasteiger charge is -2.13. The number of aliphatic imine (C=N–C) groups is 1. The lowest BCUT2D eigenvalue weighted by molar-refractivity contribution is 0.186. The van der Waals surface area contributed by atoms with E-state index in [0.717, 1.165) is 41.5 Å². The van der Waals surface area contributed by atoms with Crippen LogP contribution in [0.3, 0.4) is 0 Å². The molecule has 2 rings (SSSR count). The zero-order valence-corrected chi connectivity index (χ0v) is 16.7. The van der Waals surface area contributed by atoms with Crippen molar-refractivity contribution in [1.29, 1.82) is 0 Å². The summed E-state index contributed by atoms with van der Waals surface area (Å²) >= 11 is 1.74. The van der Waals surface area contributed by atoms with E-state index in [2.05, 4.69) is 27.5 Å². The molecule has 0 aliphatic carbocycles. The van der Waals surface area contributed by atoms with E-state index in [9.17, 15) is 5.11 Å². The van der Waals surface area contributed by atoms with Gasteiger partial charge >= 0.3 is 0 Å². The van der Waals surface area contributed by atoms with Crippen molar-refractivity contribution in [3.63, 3.8) is 0 Å². The first-order valence-corrected chi connectivity index (χ1v) is 9.62. The third-order valence-electron chi connectivity index (χ3n) is 3.95. The highest BCUT2D eigenvalue weighted by Crippen LogP contribution is 2.19. The van der Waals surface area contributed by atoms with E-state index in [4.69, 9.17) is 4.74 Å². The van der Waals surface area contributed by atoms with Crippen molar-refractivity contribution in [3.05, 3.63) is 45.4 Å². The number of ether oxygens (including phenoxy) is 1. The van der Waals surface area contributed by atoms with Gasteiger partial charge in [-0.25, -0.2) is 4.98 Å². The van der Waals surface area contributed by atoms with E-state index in [1.807, 2.05) is 38.1 Å². The number of hydrogen-bond donors (Lipinski definition) is 3. The predicted molar refractivity (Wildman–Crippen MR) is 107 cm³/mol. The number of guanidine groups is 1. The summed E-state index contributed by atoms with van der Waals surface area (Å²) in [4.78, 5) is 10.3. The molecule has 0 saturated heterocycles. The molecule has 0 aliphatic rings. The SMILES string of the molecule is CCNC(=NCC(O)c1cccc(OC)c1)NCCc1nc(C)c(C)s1. The summed E-state index contributed by atoms with van der Waals surface area (Å²) in [6, 6.07) is 7.42. The third-order valence-corrected chi connectivity index (χ3v) is 5.08. The second kappa shape index (κ2) is 10.1. The van der Waals surface area contributed by atoms with E-state index in [1.54, 1.807) is 18.4 Å². The summed E-state index contributed by atoms with van der Waals surface area (Å²) in [6.45, 7) is 7.93. The van der Waals surface area contributed by atoms with Crippen LogP contribution >= 0.6 is 11.3 Å². The van der Waals surface area contributed by atoms with Gasteiger partial charge in [0.05, 0.1) is 30.5 Å². The Kier molecular flexibility index (Phi) is 7.87. The Hall–Kier alpha value is -2.12. The fourth-order valence-electron chi connectivity index (χ4n) is 2.41. The van der Waals surface area contributed by atoms with Crippen LogP contribution in [0.1, 0.15) is 34.2 Å². The van der Waals surface area contributed by atoms with E-state index in [-0.39, 0.29) is 6.54 Å². The summed E-state index contributed by atoms with van der Waals surface area (Å²) < 4.78 is 5.20. The lowest BCUT2D eigenvalue weighted by Crippen LogP contribution is -2.38. The van der Waals surface area contributed by atoms with Gasteiger partial charge < -0.3 is 20.5 Å². The molecule has 7 heteroatoms. The Balaban J connectivity index is 1.90. The van der Waals surface area contributed by atoms with E-state index in [0.29, 0.717) is 5.96 Å². The molecule has 0 aliphatic heterocycles. The Morgan fingerprint density at radius 1 is 1.35 bits per heavy atom. The van der Waals surface area contributed by atoms with E-state index >= 15 is 0 Å². The number of hydrogen-bond acceptors (Lipinski definition) is 5. The number of aryl methyl sites for hydroxylation is 2. The Bertz CT molecular complexity index is 711. The van der Waals surface area contributed by atoms with Crippen LogP contribution in [0, 0.1) is 13.8 Å². The molecule has 0 radical (unpaired) electrons. The molecule has 0 amide bonds. The van der Waals surface area contributed by atoms with Crippen LogP contribution in [0.15, 0.2) is 29.3 Å². The van der Waals surface area contributed by atoms with Gasteiger partial charge in [-0.05, 0) is 38.5 Å². The molecule has 0 fully saturated rings. The number of methoxy groups -OCH3 is 1. The fraction of sp³-hybridized carbons (Fsp3) is 0.474. The molecule has 6 nitrogen and oxygen atoms in total. The van der Waals surface area contributed by atoms with Gasteiger partial charge in [0.25, 0.3) is 0 Å². The summed E-state index contributed by atoms with van der Waals surface area (Å²) in [5.74, 6) is 1.42. The molecule has 1 atom stereocenters. The van der Waals surface area contributed by atoms with Gasteiger partial charge in [0, 0.05) is 24.4 Å². The van der Waals surface area contributed by atoms with Gasteiger partial charge in [0.15, 0.2) is 5.96 Å². The maximum Gasteiger partial charge on any atom is 0.191 e. The van der Waals surface area contributed by atoms with Gasteiger partial charge in [-0.2, -0.15) is 0 Å². The third kappa shape index (κ3) is 6.00. The minimum atomic E-state index is -0.676. The van der Waals surface area contributed by atoms with Crippen LogP contribution in [0.5, 0.6) is 5.75 Å². The second-order valence-corrected chi connectivity index (χ2v) is 7.23. The van der Waals surface area contributed by atoms with Crippen molar-refractivity contribution >= 4 is 17.3 Å². The molecule has 1 unspecified atom stereocenters. The molecule has 26 heavy (non-hydrogen) atoms. The van der Waals surface area contributed by atoms with Crippen LogP contribution in [-0.4, -0.2) is 42.8 Å². The molecular formula is C19H28N4O2S. The molecular weight excluding hydrogens is 348 g/mol. The van der Waals surface area contributed by atoms with Gasteiger partial charge in [-0.3, -0.25) is 4.99 Å². The highest BCUT2D eigenvalue weighted by atomic mass is 32.1. The highest BCUT2D eigenvalue weighted by molar-refractivity contribution is 7.11. The van der Waals surface area contributed by atoms with Crippen molar-refractivity contribution in [2.45, 2.75) is 33.3 Å². The molecule has 2 aromatic rings. The monoisotopic (exact) mass is 376 g/mol. The quantitative estimate of drug-likeness (QED) is 0.488. The number of aromatic nitrogens is 1. The highest BCUT2D eigenvalue weighted by Gasteiger charge is 2.09. The van der Waals surface area contributed by atoms with Crippen LogP contribution in [0.2, 0.25) is 0 Å². The van der Waals surface area contributed by atoms with Crippen molar-refractivity contribution in [2.75, 3.05) is 26.7 Å². The largest absolute Gasteiger partial charge is 0.497 e. The molecule has 1 aromatic carbocycles. The second-order valence-electron chi connectivity index (χ2n) is 5.94. The van der Waals surface area contributed by atoms with Gasteiger partial charge in [-0.1, -0.05) is 12.1 Å². The van der Waals surface area contributed by atoms with Crippen LogP contribution < -0.4 is 15.4 Å². The van der Waals surface area contributed by atoms with Crippen molar-refractivity contribution in [3.8, 4) is 5.75 Å². The average molecular weight is 377 g/mol. The van der Waals surface area contributed by atoms with Crippen LogP contribution in [-0.2, 0) is 6.42 Å². The van der Waals surface area contributed by atoms with E-state index < -0.39 is 6.10 Å². The zero-order chi connectivity index (χ0) is 18.9. The maximum atomic E-state index is 10.4. The standard InChI is InChI=1S/C19H28N4O2S/c1-5-20-19(21-10-9-18-23-13(2)14(3)26-18)22-12-17(24)15-7-6-8-16(11-15)25-4/h6-8,11,17,24H,5,9-10,12H2,1-4H3,(H2,20,21,22). The number of nitrogens with zero attached hydrogens (tertiary/aromatic N) is 2. The lowest BCUT2D eigenvalue weighted by atomic mass is 10.1. The molecule has 1 heterocycles. The van der Waals surface area contributed by atoms with Crippen LogP contribution in [0.4, 0.5) is 0 Å². The van der Waals surface area contributed by atoms with Crippen molar-refractivity contribution in [1.82, 2.24) is 15.6 Å². The smallest absolute Gasteiger partial charge is 0.191 e. The summed E-state index contributed by atoms with van der Waals surface area (Å²) in [6.07, 6.45) is 0.173. The first-order chi connectivity index (χ1) is 12.5. The molecule has 0 bridgehead atoms. The van der Waals surface area contributed by atoms with Crippen molar-refractivity contribution in [2.24, 2.45) is 4.99 Å². The molecule has 0 saturated carbocycles. The van der Waals surface area contributed by atoms with Gasteiger partial charge in [-0.15, -0.1) is 11.3 Å². The number of rotatable bonds is 8. The van der Waals surface area contributed by atoms with Crippen molar-refractivity contribution < 1.29 is 9.84 Å². The van der Waals surface area contributed by atoms with E-state index in [1.165, 1.54) is 4.88 Å².